The number of rotatable bonds is 8. The summed E-state index contributed by atoms with van der Waals surface area (Å²) in [6.45, 7) is 11.7. The fourth-order valence-electron chi connectivity index (χ4n) is 3.43. The van der Waals surface area contributed by atoms with Crippen molar-refractivity contribution in [2.24, 2.45) is 0 Å². The normalized spacial score (nSPS) is 11.9. The van der Waals surface area contributed by atoms with Crippen LogP contribution in [0.2, 0.25) is 0 Å². The summed E-state index contributed by atoms with van der Waals surface area (Å²) >= 11 is 11.9. The summed E-state index contributed by atoms with van der Waals surface area (Å²) in [5, 5.41) is 21.2. The number of halogens is 2. The van der Waals surface area contributed by atoms with Crippen molar-refractivity contribution in [2.75, 3.05) is 0 Å². The maximum absolute atomic E-state index is 10.1. The van der Waals surface area contributed by atoms with Gasteiger partial charge in [0.25, 0.3) is 0 Å². The first-order chi connectivity index (χ1) is 13.3. The van der Waals surface area contributed by atoms with E-state index in [0.29, 0.717) is 22.9 Å². The van der Waals surface area contributed by atoms with Gasteiger partial charge in [0.2, 0.25) is 0 Å². The van der Waals surface area contributed by atoms with Crippen LogP contribution >= 0.6 is 23.2 Å². The molecule has 2 aromatic carbocycles. The van der Waals surface area contributed by atoms with Crippen molar-refractivity contribution < 1.29 is 10.2 Å². The zero-order chi connectivity index (χ0) is 20.8. The molecule has 4 heteroatoms. The molecule has 0 aliphatic carbocycles. The predicted molar refractivity (Wildman–Crippen MR) is 121 cm³/mol. The number of allylic oxidation sites excluding steroid dienone is 4. The van der Waals surface area contributed by atoms with Crippen molar-refractivity contribution in [1.82, 2.24) is 0 Å². The second kappa shape index (κ2) is 9.86. The van der Waals surface area contributed by atoms with Crippen LogP contribution in [0.1, 0.15) is 48.9 Å². The summed E-state index contributed by atoms with van der Waals surface area (Å²) in [7, 11) is 0. The minimum Gasteiger partial charge on any atom is -0.508 e. The van der Waals surface area contributed by atoms with E-state index in [1.165, 1.54) is 11.1 Å². The number of hydrogen-bond acceptors (Lipinski definition) is 2. The summed E-state index contributed by atoms with van der Waals surface area (Å²) in [6, 6.07) is 11.2. The minimum atomic E-state index is 0.214. The number of phenols is 2. The van der Waals surface area contributed by atoms with E-state index in [0.717, 1.165) is 35.1 Å². The Morgan fingerprint density at radius 2 is 1.11 bits per heavy atom. The van der Waals surface area contributed by atoms with Crippen molar-refractivity contribution in [3.05, 3.63) is 81.9 Å². The quantitative estimate of drug-likeness (QED) is 0.439. The molecule has 0 heterocycles. The molecule has 0 spiro atoms. The van der Waals surface area contributed by atoms with E-state index in [9.17, 15) is 10.2 Å². The van der Waals surface area contributed by atoms with E-state index in [-0.39, 0.29) is 11.5 Å². The Hall–Kier alpha value is -2.16. The Kier molecular flexibility index (Phi) is 7.79. The predicted octanol–water partition coefficient (Wildman–Crippen LogP) is 7.42. The summed E-state index contributed by atoms with van der Waals surface area (Å²) < 4.78 is 0. The van der Waals surface area contributed by atoms with Gasteiger partial charge in [0.1, 0.15) is 11.5 Å². The Balaban J connectivity index is 2.60. The molecule has 2 rings (SSSR count). The van der Waals surface area contributed by atoms with E-state index < -0.39 is 0 Å². The first kappa shape index (κ1) is 22.1. The highest BCUT2D eigenvalue weighted by atomic mass is 35.5. The molecule has 2 aromatic rings. The van der Waals surface area contributed by atoms with Gasteiger partial charge in [0.15, 0.2) is 0 Å². The number of aromatic hydroxyl groups is 2. The molecule has 0 saturated carbocycles. The second-order valence-corrected chi connectivity index (χ2v) is 7.81. The lowest BCUT2D eigenvalue weighted by molar-refractivity contribution is 0.469. The lowest BCUT2D eigenvalue weighted by atomic mass is 9.89. The summed E-state index contributed by atoms with van der Waals surface area (Å²) in [6.07, 6.45) is 2.49. The van der Waals surface area contributed by atoms with Crippen molar-refractivity contribution in [1.29, 1.82) is 0 Å². The average molecular weight is 417 g/mol. The molecule has 2 N–H and O–H groups in total. The van der Waals surface area contributed by atoms with E-state index in [1.807, 2.05) is 24.3 Å². The van der Waals surface area contributed by atoms with Gasteiger partial charge in [-0.25, -0.2) is 0 Å². The second-order valence-electron chi connectivity index (χ2n) is 6.74. The zero-order valence-electron chi connectivity index (χ0n) is 16.4. The molecule has 0 aliphatic rings. The van der Waals surface area contributed by atoms with E-state index in [1.54, 1.807) is 12.1 Å². The van der Waals surface area contributed by atoms with Crippen LogP contribution in [-0.2, 0) is 12.8 Å². The zero-order valence-corrected chi connectivity index (χ0v) is 17.9. The maximum Gasteiger partial charge on any atom is 0.119 e. The molecule has 148 valence electrons. The lowest BCUT2D eigenvalue weighted by Gasteiger charge is -2.17. The number of phenolic OH excluding ortho intramolecular Hbond substituents is 2. The van der Waals surface area contributed by atoms with Crippen LogP contribution < -0.4 is 0 Å². The van der Waals surface area contributed by atoms with Gasteiger partial charge in [-0.2, -0.15) is 0 Å². The van der Waals surface area contributed by atoms with Gasteiger partial charge in [-0.15, -0.1) is 0 Å². The first-order valence-electron chi connectivity index (χ1n) is 9.29. The standard InChI is InChI=1S/C24H26Cl2O2/c1-5-21(17-7-9-23(27)19(13-17)11-15(3)25)22(6-2)18-8-10-24(28)20(14-18)12-16(4)26/h7-10,13-14,27-28H,3-6,11-12H2,1-2H3/b22-21-. The highest BCUT2D eigenvalue weighted by Gasteiger charge is 2.13. The van der Waals surface area contributed by atoms with Crippen LogP contribution in [0.5, 0.6) is 11.5 Å². The molecule has 2 nitrogen and oxygen atoms in total. The molecular weight excluding hydrogens is 391 g/mol. The van der Waals surface area contributed by atoms with Crippen LogP contribution in [0.25, 0.3) is 11.1 Å². The average Bonchev–Trinajstić information content (AvgIpc) is 2.63. The molecule has 0 unspecified atom stereocenters. The number of benzene rings is 2. The van der Waals surface area contributed by atoms with Gasteiger partial charge >= 0.3 is 0 Å². The highest BCUT2D eigenvalue weighted by molar-refractivity contribution is 6.29. The Labute approximate surface area is 177 Å². The Morgan fingerprint density at radius 1 is 0.750 bits per heavy atom. The van der Waals surface area contributed by atoms with E-state index >= 15 is 0 Å². The fraction of sp³-hybridized carbons (Fsp3) is 0.250. The molecular formula is C24H26Cl2O2. The van der Waals surface area contributed by atoms with E-state index in [4.69, 9.17) is 23.2 Å². The van der Waals surface area contributed by atoms with Crippen LogP contribution in [0.3, 0.4) is 0 Å². The molecule has 0 bridgehead atoms. The van der Waals surface area contributed by atoms with E-state index in [2.05, 4.69) is 27.0 Å². The molecule has 0 amide bonds. The molecule has 0 aliphatic heterocycles. The molecule has 0 fully saturated rings. The topological polar surface area (TPSA) is 40.5 Å². The van der Waals surface area contributed by atoms with Crippen LogP contribution in [0.4, 0.5) is 0 Å². The van der Waals surface area contributed by atoms with Crippen LogP contribution in [-0.4, -0.2) is 10.2 Å². The Bertz CT molecular complexity index is 851. The summed E-state index contributed by atoms with van der Waals surface area (Å²) in [4.78, 5) is 0. The molecule has 0 aromatic heterocycles. The summed E-state index contributed by atoms with van der Waals surface area (Å²) in [5.74, 6) is 0.429. The monoisotopic (exact) mass is 416 g/mol. The maximum atomic E-state index is 10.1. The first-order valence-corrected chi connectivity index (χ1v) is 10.0. The molecule has 0 atom stereocenters. The van der Waals surface area contributed by atoms with Crippen molar-refractivity contribution >= 4 is 34.3 Å². The third kappa shape index (κ3) is 5.43. The smallest absolute Gasteiger partial charge is 0.119 e. The summed E-state index contributed by atoms with van der Waals surface area (Å²) in [5.41, 5.74) is 5.96. The Morgan fingerprint density at radius 3 is 1.39 bits per heavy atom. The van der Waals surface area contributed by atoms with Gasteiger partial charge in [0, 0.05) is 22.9 Å². The molecule has 0 radical (unpaired) electrons. The largest absolute Gasteiger partial charge is 0.508 e. The van der Waals surface area contributed by atoms with Crippen LogP contribution in [0, 0.1) is 0 Å². The van der Waals surface area contributed by atoms with Crippen LogP contribution in [0.15, 0.2) is 59.6 Å². The highest BCUT2D eigenvalue weighted by Crippen LogP contribution is 2.35. The number of hydrogen-bond donors (Lipinski definition) is 2. The van der Waals surface area contributed by atoms with Gasteiger partial charge in [0.05, 0.1) is 0 Å². The van der Waals surface area contributed by atoms with Crippen molar-refractivity contribution in [3.8, 4) is 11.5 Å². The van der Waals surface area contributed by atoms with Gasteiger partial charge in [-0.1, -0.05) is 62.3 Å². The lowest BCUT2D eigenvalue weighted by Crippen LogP contribution is -1.96. The third-order valence-electron chi connectivity index (χ3n) is 4.69. The molecule has 0 saturated heterocycles. The van der Waals surface area contributed by atoms with Crippen molar-refractivity contribution in [3.63, 3.8) is 0 Å². The SMILES string of the molecule is C=C(Cl)Cc1cc(/C(CC)=C(/CC)c2ccc(O)c(CC(=C)Cl)c2)ccc1O. The van der Waals surface area contributed by atoms with Gasteiger partial charge in [-0.05, 0) is 70.5 Å². The molecule has 28 heavy (non-hydrogen) atoms. The fourth-order valence-corrected chi connectivity index (χ4v) is 3.71. The van der Waals surface area contributed by atoms with Crippen molar-refractivity contribution in [2.45, 2.75) is 39.5 Å². The van der Waals surface area contributed by atoms with Gasteiger partial charge in [-0.3, -0.25) is 0 Å². The minimum absolute atomic E-state index is 0.214. The third-order valence-corrected chi connectivity index (χ3v) is 4.96. The van der Waals surface area contributed by atoms with Gasteiger partial charge < -0.3 is 10.2 Å².